The zero-order valence-corrected chi connectivity index (χ0v) is 23.1. The Morgan fingerprint density at radius 2 is 1.68 bits per heavy atom. The number of hydrogen-bond donors (Lipinski definition) is 1. The Hall–Kier alpha value is -4.59. The standard InChI is InChI=1S/C32H32N4O4/c1-32(2)17-23-28(24(37)18-32)29(36-31(33-23)34-30(35-36)22-12-8-9-13-25(22)38-3)21-14-15-26(27(16-21)39-4)40-19-20-10-6-5-7-11-20/h5-16,29H,17-19H2,1-4H3,(H,33,34,35). The smallest absolute Gasteiger partial charge is 0.226 e. The molecule has 8 heteroatoms. The molecule has 1 atom stereocenters. The van der Waals surface area contributed by atoms with Crippen LogP contribution in [0.5, 0.6) is 17.2 Å². The first kappa shape index (κ1) is 25.7. The predicted molar refractivity (Wildman–Crippen MR) is 153 cm³/mol. The molecule has 2 heterocycles. The van der Waals surface area contributed by atoms with Crippen LogP contribution >= 0.6 is 0 Å². The number of para-hydroxylation sites is 1. The Kier molecular flexibility index (Phi) is 6.54. The normalized spacial score (nSPS) is 17.5. The number of rotatable bonds is 7. The molecule has 0 fully saturated rings. The second kappa shape index (κ2) is 10.2. The van der Waals surface area contributed by atoms with Crippen LogP contribution in [-0.4, -0.2) is 34.8 Å². The molecule has 3 aromatic carbocycles. The number of carbonyl (C=O) groups is 1. The summed E-state index contributed by atoms with van der Waals surface area (Å²) < 4.78 is 19.2. The van der Waals surface area contributed by atoms with Gasteiger partial charge in [0.25, 0.3) is 0 Å². The van der Waals surface area contributed by atoms with E-state index in [0.29, 0.717) is 47.6 Å². The summed E-state index contributed by atoms with van der Waals surface area (Å²) in [5.41, 5.74) is 4.15. The van der Waals surface area contributed by atoms with Crippen molar-refractivity contribution in [3.63, 3.8) is 0 Å². The Balaban J connectivity index is 1.43. The van der Waals surface area contributed by atoms with Crippen LogP contribution in [0.1, 0.15) is 43.9 Å². The Morgan fingerprint density at radius 1 is 0.925 bits per heavy atom. The second-order valence-electron chi connectivity index (χ2n) is 10.9. The lowest BCUT2D eigenvalue weighted by Gasteiger charge is -2.38. The first-order valence-electron chi connectivity index (χ1n) is 13.3. The lowest BCUT2D eigenvalue weighted by molar-refractivity contribution is -0.118. The number of Topliss-reactive ketones (excluding diaryl/α,β-unsaturated/α-hetero) is 1. The van der Waals surface area contributed by atoms with Crippen LogP contribution in [0.2, 0.25) is 0 Å². The topological polar surface area (TPSA) is 87.5 Å². The molecular formula is C32H32N4O4. The highest BCUT2D eigenvalue weighted by molar-refractivity contribution is 6.00. The lowest BCUT2D eigenvalue weighted by Crippen LogP contribution is -2.36. The summed E-state index contributed by atoms with van der Waals surface area (Å²) in [7, 11) is 3.25. The molecule has 1 unspecified atom stereocenters. The average Bonchev–Trinajstić information content (AvgIpc) is 3.38. The minimum atomic E-state index is -0.470. The number of methoxy groups -OCH3 is 2. The lowest BCUT2D eigenvalue weighted by atomic mass is 9.73. The van der Waals surface area contributed by atoms with Gasteiger partial charge in [-0.2, -0.15) is 4.98 Å². The quantitative estimate of drug-likeness (QED) is 0.301. The summed E-state index contributed by atoms with van der Waals surface area (Å²) in [4.78, 5) is 18.5. The van der Waals surface area contributed by atoms with Crippen LogP contribution in [0.15, 0.2) is 84.1 Å². The number of nitrogens with zero attached hydrogens (tertiary/aromatic N) is 3. The maximum Gasteiger partial charge on any atom is 0.226 e. The Morgan fingerprint density at radius 3 is 2.45 bits per heavy atom. The van der Waals surface area contributed by atoms with Gasteiger partial charge in [-0.1, -0.05) is 62.4 Å². The van der Waals surface area contributed by atoms with Crippen LogP contribution in [0.25, 0.3) is 11.4 Å². The molecule has 2 aliphatic rings. The number of fused-ring (bicyclic) bond motifs is 1. The van der Waals surface area contributed by atoms with E-state index in [4.69, 9.17) is 24.3 Å². The molecule has 0 spiro atoms. The van der Waals surface area contributed by atoms with Gasteiger partial charge in [-0.05, 0) is 47.2 Å². The van der Waals surface area contributed by atoms with Crippen molar-refractivity contribution < 1.29 is 19.0 Å². The van der Waals surface area contributed by atoms with E-state index in [9.17, 15) is 4.79 Å². The zero-order valence-electron chi connectivity index (χ0n) is 23.1. The van der Waals surface area contributed by atoms with Gasteiger partial charge >= 0.3 is 0 Å². The van der Waals surface area contributed by atoms with Gasteiger partial charge in [-0.15, -0.1) is 5.10 Å². The van der Waals surface area contributed by atoms with Crippen LogP contribution in [-0.2, 0) is 11.4 Å². The van der Waals surface area contributed by atoms with Crippen molar-refractivity contribution in [2.45, 2.75) is 39.3 Å². The zero-order chi connectivity index (χ0) is 27.9. The van der Waals surface area contributed by atoms with E-state index in [1.54, 1.807) is 18.9 Å². The average molecular weight is 537 g/mol. The summed E-state index contributed by atoms with van der Waals surface area (Å²) >= 11 is 0. The van der Waals surface area contributed by atoms with Crippen molar-refractivity contribution in [1.29, 1.82) is 0 Å². The van der Waals surface area contributed by atoms with Crippen LogP contribution in [0, 0.1) is 5.41 Å². The number of ketones is 1. The van der Waals surface area contributed by atoms with Gasteiger partial charge < -0.3 is 19.5 Å². The molecule has 40 heavy (non-hydrogen) atoms. The minimum absolute atomic E-state index is 0.104. The third kappa shape index (κ3) is 4.70. The highest BCUT2D eigenvalue weighted by atomic mass is 16.5. The number of nitrogens with one attached hydrogen (secondary N) is 1. The highest BCUT2D eigenvalue weighted by Crippen LogP contribution is 2.47. The van der Waals surface area contributed by atoms with E-state index < -0.39 is 6.04 Å². The number of benzene rings is 3. The van der Waals surface area contributed by atoms with E-state index in [1.165, 1.54) is 0 Å². The number of allylic oxidation sites excluding steroid dienone is 2. The van der Waals surface area contributed by atoms with E-state index in [1.807, 2.05) is 72.8 Å². The predicted octanol–water partition coefficient (Wildman–Crippen LogP) is 6.20. The molecule has 0 saturated carbocycles. The molecule has 8 nitrogen and oxygen atoms in total. The first-order valence-corrected chi connectivity index (χ1v) is 13.3. The number of carbonyl (C=O) groups excluding carboxylic acids is 1. The van der Waals surface area contributed by atoms with Gasteiger partial charge in [0.1, 0.15) is 18.4 Å². The van der Waals surface area contributed by atoms with E-state index in [-0.39, 0.29) is 11.2 Å². The molecule has 0 bridgehead atoms. The molecule has 1 aliphatic heterocycles. The van der Waals surface area contributed by atoms with Crippen molar-refractivity contribution in [1.82, 2.24) is 14.8 Å². The second-order valence-corrected chi connectivity index (χ2v) is 10.9. The van der Waals surface area contributed by atoms with Crippen molar-refractivity contribution in [2.24, 2.45) is 5.41 Å². The molecule has 1 N–H and O–H groups in total. The summed E-state index contributed by atoms with van der Waals surface area (Å²) in [5, 5.41) is 8.35. The first-order chi connectivity index (χ1) is 19.4. The number of aromatic nitrogens is 3. The molecular weight excluding hydrogens is 504 g/mol. The Labute approximate surface area is 233 Å². The van der Waals surface area contributed by atoms with Gasteiger partial charge in [0.15, 0.2) is 23.1 Å². The third-order valence-electron chi connectivity index (χ3n) is 7.42. The van der Waals surface area contributed by atoms with Crippen molar-refractivity contribution in [3.05, 3.63) is 95.2 Å². The Bertz CT molecular complexity index is 1610. The molecule has 1 aliphatic carbocycles. The molecule has 0 saturated heterocycles. The molecule has 0 radical (unpaired) electrons. The van der Waals surface area contributed by atoms with Gasteiger partial charge in [0.2, 0.25) is 5.95 Å². The monoisotopic (exact) mass is 536 g/mol. The number of ether oxygens (including phenoxy) is 3. The summed E-state index contributed by atoms with van der Waals surface area (Å²) in [5.74, 6) is 3.10. The fraction of sp³-hybridized carbons (Fsp3) is 0.281. The van der Waals surface area contributed by atoms with Gasteiger partial charge in [0, 0.05) is 17.7 Å². The molecule has 0 amide bonds. The summed E-state index contributed by atoms with van der Waals surface area (Å²) in [6.07, 6.45) is 1.19. The van der Waals surface area contributed by atoms with Crippen molar-refractivity contribution in [3.8, 4) is 28.6 Å². The van der Waals surface area contributed by atoms with Gasteiger partial charge in [-0.3, -0.25) is 4.79 Å². The van der Waals surface area contributed by atoms with Crippen molar-refractivity contribution >= 4 is 11.7 Å². The van der Waals surface area contributed by atoms with Gasteiger partial charge in [0.05, 0.1) is 19.8 Å². The van der Waals surface area contributed by atoms with E-state index in [0.717, 1.165) is 28.8 Å². The van der Waals surface area contributed by atoms with Crippen LogP contribution in [0.3, 0.4) is 0 Å². The molecule has 6 rings (SSSR count). The summed E-state index contributed by atoms with van der Waals surface area (Å²) in [6.45, 7) is 4.65. The number of anilines is 1. The van der Waals surface area contributed by atoms with Gasteiger partial charge in [-0.25, -0.2) is 4.68 Å². The van der Waals surface area contributed by atoms with Crippen LogP contribution < -0.4 is 19.5 Å². The minimum Gasteiger partial charge on any atom is -0.496 e. The SMILES string of the molecule is COc1cc(C2C3=C(CC(C)(C)CC3=O)Nc3nc(-c4ccccc4OC)nn32)ccc1OCc1ccccc1. The number of hydrogen-bond acceptors (Lipinski definition) is 7. The maximum atomic E-state index is 13.7. The molecule has 1 aromatic heterocycles. The van der Waals surface area contributed by atoms with Crippen molar-refractivity contribution in [2.75, 3.05) is 19.5 Å². The fourth-order valence-electron chi connectivity index (χ4n) is 5.57. The largest absolute Gasteiger partial charge is 0.496 e. The summed E-state index contributed by atoms with van der Waals surface area (Å²) in [6, 6.07) is 23.0. The van der Waals surface area contributed by atoms with Crippen LogP contribution in [0.4, 0.5) is 5.95 Å². The molecule has 4 aromatic rings. The highest BCUT2D eigenvalue weighted by Gasteiger charge is 2.42. The fourth-order valence-corrected chi connectivity index (χ4v) is 5.57. The third-order valence-corrected chi connectivity index (χ3v) is 7.42. The molecule has 204 valence electrons. The maximum absolute atomic E-state index is 13.7. The van der Waals surface area contributed by atoms with E-state index >= 15 is 0 Å². The van der Waals surface area contributed by atoms with E-state index in [2.05, 4.69) is 19.2 Å².